The molecule has 0 spiro atoms. The number of likely N-dealkylation sites (tertiary alicyclic amines) is 2. The maximum absolute atomic E-state index is 12.7. The minimum Gasteiger partial charge on any atom is -0.370 e. The summed E-state index contributed by atoms with van der Waals surface area (Å²) in [5.41, 5.74) is 0. The second-order valence-electron chi connectivity index (χ2n) is 7.13. The molecule has 24 heavy (non-hydrogen) atoms. The molecule has 0 aromatic carbocycles. The Labute approximate surface area is 145 Å². The van der Waals surface area contributed by atoms with Crippen LogP contribution in [0.5, 0.6) is 0 Å². The molecule has 1 aromatic rings. The lowest BCUT2D eigenvalue weighted by atomic mass is 10.00. The first-order valence-electron chi connectivity index (χ1n) is 9.43. The van der Waals surface area contributed by atoms with Crippen LogP contribution in [0.4, 0.5) is 5.82 Å². The summed E-state index contributed by atoms with van der Waals surface area (Å²) in [6.07, 6.45) is 7.67. The predicted octanol–water partition coefficient (Wildman–Crippen LogP) is 2.61. The van der Waals surface area contributed by atoms with Crippen LogP contribution in [0.2, 0.25) is 0 Å². The molecule has 1 amide bonds. The van der Waals surface area contributed by atoms with E-state index in [1.54, 1.807) is 0 Å². The minimum absolute atomic E-state index is 0.333. The van der Waals surface area contributed by atoms with Gasteiger partial charge in [0, 0.05) is 31.9 Å². The van der Waals surface area contributed by atoms with Crippen LogP contribution in [-0.4, -0.2) is 59.5 Å². The molecule has 0 radical (unpaired) electrons. The fourth-order valence-corrected chi connectivity index (χ4v) is 3.97. The van der Waals surface area contributed by atoms with Gasteiger partial charge in [-0.15, -0.1) is 0 Å². The molecule has 2 aliphatic rings. The third-order valence-corrected chi connectivity index (χ3v) is 5.38. The Kier molecular flexibility index (Phi) is 6.07. The van der Waals surface area contributed by atoms with Gasteiger partial charge in [-0.05, 0) is 56.7 Å². The highest BCUT2D eigenvalue weighted by atomic mass is 16.2. The largest absolute Gasteiger partial charge is 0.370 e. The molecule has 0 bridgehead atoms. The first kappa shape index (κ1) is 17.2. The number of nitrogens with zero attached hydrogens (tertiary/aromatic N) is 3. The van der Waals surface area contributed by atoms with Gasteiger partial charge in [0.1, 0.15) is 5.82 Å². The molecule has 2 saturated heterocycles. The molecule has 2 unspecified atom stereocenters. The Hall–Kier alpha value is -1.62. The summed E-state index contributed by atoms with van der Waals surface area (Å²) in [4.78, 5) is 21.4. The van der Waals surface area contributed by atoms with Gasteiger partial charge < -0.3 is 10.2 Å². The number of carbonyl (C=O) groups excluding carboxylic acids is 1. The quantitative estimate of drug-likeness (QED) is 0.871. The topological polar surface area (TPSA) is 48.5 Å². The van der Waals surface area contributed by atoms with Crippen molar-refractivity contribution in [2.75, 3.05) is 38.0 Å². The fourth-order valence-electron chi connectivity index (χ4n) is 3.97. The van der Waals surface area contributed by atoms with Gasteiger partial charge in [-0.25, -0.2) is 4.98 Å². The highest BCUT2D eigenvalue weighted by molar-refractivity contribution is 5.78. The summed E-state index contributed by atoms with van der Waals surface area (Å²) >= 11 is 0. The molecule has 2 atom stereocenters. The SMILES string of the molecule is CCC1CCCCN1C(=O)CN1CCC(CNc2ccccn2)C1. The van der Waals surface area contributed by atoms with Crippen molar-refractivity contribution in [3.8, 4) is 0 Å². The average molecular weight is 330 g/mol. The molecule has 5 heteroatoms. The molecule has 132 valence electrons. The van der Waals surface area contributed by atoms with E-state index in [4.69, 9.17) is 0 Å². The van der Waals surface area contributed by atoms with Gasteiger partial charge in [0.2, 0.25) is 5.91 Å². The molecular formula is C19H30N4O. The zero-order chi connectivity index (χ0) is 16.8. The monoisotopic (exact) mass is 330 g/mol. The van der Waals surface area contributed by atoms with Crippen molar-refractivity contribution < 1.29 is 4.79 Å². The van der Waals surface area contributed by atoms with Crippen LogP contribution in [0, 0.1) is 5.92 Å². The van der Waals surface area contributed by atoms with Crippen molar-refractivity contribution in [3.05, 3.63) is 24.4 Å². The van der Waals surface area contributed by atoms with Crippen LogP contribution in [0.3, 0.4) is 0 Å². The highest BCUT2D eigenvalue weighted by Crippen LogP contribution is 2.21. The standard InChI is InChI=1S/C19H30N4O/c1-2-17-7-4-6-11-23(17)19(24)15-22-12-9-16(14-22)13-21-18-8-3-5-10-20-18/h3,5,8,10,16-17H,2,4,6-7,9,11-15H2,1H3,(H,20,21). The number of piperidine rings is 1. The second-order valence-corrected chi connectivity index (χ2v) is 7.13. The molecular weight excluding hydrogens is 300 g/mol. The van der Waals surface area contributed by atoms with E-state index in [1.807, 2.05) is 24.4 Å². The number of aromatic nitrogens is 1. The zero-order valence-corrected chi connectivity index (χ0v) is 14.8. The number of hydrogen-bond acceptors (Lipinski definition) is 4. The van der Waals surface area contributed by atoms with Gasteiger partial charge in [-0.3, -0.25) is 9.69 Å². The van der Waals surface area contributed by atoms with E-state index in [1.165, 1.54) is 19.3 Å². The van der Waals surface area contributed by atoms with Gasteiger partial charge in [0.25, 0.3) is 0 Å². The van der Waals surface area contributed by atoms with Crippen LogP contribution >= 0.6 is 0 Å². The summed E-state index contributed by atoms with van der Waals surface area (Å²) in [5, 5.41) is 3.41. The summed E-state index contributed by atoms with van der Waals surface area (Å²) in [6, 6.07) is 6.39. The number of hydrogen-bond donors (Lipinski definition) is 1. The van der Waals surface area contributed by atoms with Gasteiger partial charge >= 0.3 is 0 Å². The second kappa shape index (κ2) is 8.47. The van der Waals surface area contributed by atoms with E-state index >= 15 is 0 Å². The van der Waals surface area contributed by atoms with Crippen LogP contribution < -0.4 is 5.32 Å². The molecule has 2 aliphatic heterocycles. The molecule has 0 aliphatic carbocycles. The first-order chi connectivity index (χ1) is 11.8. The number of carbonyl (C=O) groups is 1. The van der Waals surface area contributed by atoms with Gasteiger partial charge in [0.15, 0.2) is 0 Å². The predicted molar refractivity (Wildman–Crippen MR) is 96.9 cm³/mol. The molecule has 3 heterocycles. The van der Waals surface area contributed by atoms with Crippen molar-refractivity contribution in [3.63, 3.8) is 0 Å². The molecule has 1 aromatic heterocycles. The number of rotatable bonds is 6. The van der Waals surface area contributed by atoms with E-state index in [9.17, 15) is 4.79 Å². The Bertz CT molecular complexity index is 521. The lowest BCUT2D eigenvalue weighted by Gasteiger charge is -2.36. The van der Waals surface area contributed by atoms with E-state index in [2.05, 4.69) is 27.0 Å². The third kappa shape index (κ3) is 4.47. The van der Waals surface area contributed by atoms with Crippen LogP contribution in [0.15, 0.2) is 24.4 Å². The Morgan fingerprint density at radius 2 is 2.21 bits per heavy atom. The fraction of sp³-hybridized carbons (Fsp3) is 0.684. The molecule has 1 N–H and O–H groups in total. The average Bonchev–Trinajstić information content (AvgIpc) is 3.08. The van der Waals surface area contributed by atoms with E-state index in [-0.39, 0.29) is 0 Å². The van der Waals surface area contributed by atoms with Crippen molar-refractivity contribution >= 4 is 11.7 Å². The van der Waals surface area contributed by atoms with Gasteiger partial charge in [-0.1, -0.05) is 13.0 Å². The lowest BCUT2D eigenvalue weighted by molar-refractivity contribution is -0.136. The van der Waals surface area contributed by atoms with Crippen LogP contribution in [0.25, 0.3) is 0 Å². The third-order valence-electron chi connectivity index (χ3n) is 5.38. The maximum Gasteiger partial charge on any atom is 0.236 e. The Morgan fingerprint density at radius 3 is 3.00 bits per heavy atom. The van der Waals surface area contributed by atoms with Gasteiger partial charge in [0.05, 0.1) is 6.54 Å². The van der Waals surface area contributed by atoms with Crippen molar-refractivity contribution in [1.82, 2.24) is 14.8 Å². The van der Waals surface area contributed by atoms with Crippen molar-refractivity contribution in [2.45, 2.75) is 45.1 Å². The summed E-state index contributed by atoms with van der Waals surface area (Å²) in [6.45, 7) is 6.72. The van der Waals surface area contributed by atoms with Crippen LogP contribution in [-0.2, 0) is 4.79 Å². The number of nitrogens with one attached hydrogen (secondary N) is 1. The summed E-state index contributed by atoms with van der Waals surface area (Å²) < 4.78 is 0. The number of pyridine rings is 1. The molecule has 5 nitrogen and oxygen atoms in total. The van der Waals surface area contributed by atoms with Crippen molar-refractivity contribution in [2.24, 2.45) is 5.92 Å². The molecule has 0 saturated carbocycles. The van der Waals surface area contributed by atoms with Crippen molar-refractivity contribution in [1.29, 1.82) is 0 Å². The summed E-state index contributed by atoms with van der Waals surface area (Å²) in [7, 11) is 0. The van der Waals surface area contributed by atoms with Gasteiger partial charge in [-0.2, -0.15) is 0 Å². The molecule has 2 fully saturated rings. The summed E-state index contributed by atoms with van der Waals surface area (Å²) in [5.74, 6) is 1.87. The van der Waals surface area contributed by atoms with E-state index < -0.39 is 0 Å². The normalized spacial score (nSPS) is 25.0. The molecule has 3 rings (SSSR count). The number of amides is 1. The van der Waals surface area contributed by atoms with E-state index in [0.29, 0.717) is 24.4 Å². The highest BCUT2D eigenvalue weighted by Gasteiger charge is 2.29. The maximum atomic E-state index is 12.7. The number of anilines is 1. The zero-order valence-electron chi connectivity index (χ0n) is 14.8. The Morgan fingerprint density at radius 1 is 1.29 bits per heavy atom. The smallest absolute Gasteiger partial charge is 0.236 e. The first-order valence-corrected chi connectivity index (χ1v) is 9.43. The van der Waals surface area contributed by atoms with E-state index in [0.717, 1.165) is 44.8 Å². The Balaban J connectivity index is 1.43. The lowest BCUT2D eigenvalue weighted by Crippen LogP contribution is -2.47. The van der Waals surface area contributed by atoms with Crippen LogP contribution in [0.1, 0.15) is 39.0 Å². The minimum atomic E-state index is 0.333.